The molecule has 3 aromatic rings. The minimum absolute atomic E-state index is 0.224. The lowest BCUT2D eigenvalue weighted by Crippen LogP contribution is -2.26. The highest BCUT2D eigenvalue weighted by atomic mass is 35.5. The fourth-order valence-corrected chi connectivity index (χ4v) is 3.27. The van der Waals surface area contributed by atoms with Crippen LogP contribution >= 0.6 is 22.9 Å². The van der Waals surface area contributed by atoms with Gasteiger partial charge in [-0.05, 0) is 26.0 Å². The van der Waals surface area contributed by atoms with Gasteiger partial charge in [0, 0.05) is 23.4 Å². The zero-order valence-corrected chi connectivity index (χ0v) is 14.9. The Morgan fingerprint density at radius 2 is 2.00 bits per heavy atom. The molecule has 0 radical (unpaired) electrons. The van der Waals surface area contributed by atoms with E-state index in [-0.39, 0.29) is 5.91 Å². The van der Waals surface area contributed by atoms with E-state index < -0.39 is 0 Å². The first-order valence-electron chi connectivity index (χ1n) is 7.45. The fourth-order valence-electron chi connectivity index (χ4n) is 2.21. The summed E-state index contributed by atoms with van der Waals surface area (Å²) >= 11 is 7.11. The molecule has 5 nitrogen and oxygen atoms in total. The third-order valence-electron chi connectivity index (χ3n) is 3.50. The van der Waals surface area contributed by atoms with E-state index >= 15 is 0 Å². The number of nitrogens with one attached hydrogen (secondary N) is 1. The quantitative estimate of drug-likeness (QED) is 0.744. The van der Waals surface area contributed by atoms with Crippen molar-refractivity contribution in [3.8, 4) is 11.5 Å². The molecule has 0 saturated carbocycles. The van der Waals surface area contributed by atoms with Crippen LogP contribution < -0.4 is 5.32 Å². The Morgan fingerprint density at radius 1 is 1.25 bits per heavy atom. The molecule has 124 valence electrons. The van der Waals surface area contributed by atoms with Crippen LogP contribution in [0.2, 0.25) is 4.47 Å². The second-order valence-corrected chi connectivity index (χ2v) is 7.17. The fraction of sp³-hybridized carbons (Fsp3) is 0.235. The van der Waals surface area contributed by atoms with Gasteiger partial charge in [0.25, 0.3) is 5.91 Å². The van der Waals surface area contributed by atoms with Gasteiger partial charge in [0.15, 0.2) is 4.47 Å². The number of aromatic nitrogens is 2. The first kappa shape index (κ1) is 16.7. The van der Waals surface area contributed by atoms with E-state index in [2.05, 4.69) is 15.3 Å². The van der Waals surface area contributed by atoms with Gasteiger partial charge in [0.2, 0.25) is 5.89 Å². The molecule has 2 heterocycles. The second kappa shape index (κ2) is 7.15. The number of oxazole rings is 1. The van der Waals surface area contributed by atoms with Crippen LogP contribution in [0, 0.1) is 13.8 Å². The smallest absolute Gasteiger partial charge is 0.271 e. The molecule has 1 amide bonds. The van der Waals surface area contributed by atoms with Crippen LogP contribution in [-0.2, 0) is 6.42 Å². The van der Waals surface area contributed by atoms with E-state index in [0.717, 1.165) is 16.1 Å². The minimum Gasteiger partial charge on any atom is -0.444 e. The largest absolute Gasteiger partial charge is 0.444 e. The topological polar surface area (TPSA) is 68.0 Å². The number of benzene rings is 1. The van der Waals surface area contributed by atoms with Crippen molar-refractivity contribution in [3.05, 3.63) is 56.8 Å². The summed E-state index contributed by atoms with van der Waals surface area (Å²) in [6.07, 6.45) is 2.20. The van der Waals surface area contributed by atoms with Gasteiger partial charge in [0.05, 0.1) is 5.69 Å². The maximum Gasteiger partial charge on any atom is 0.271 e. The zero-order chi connectivity index (χ0) is 17.1. The highest BCUT2D eigenvalue weighted by Gasteiger charge is 2.14. The number of amides is 1. The number of thiazole rings is 1. The van der Waals surface area contributed by atoms with Crippen molar-refractivity contribution in [2.24, 2.45) is 0 Å². The third kappa shape index (κ3) is 3.83. The summed E-state index contributed by atoms with van der Waals surface area (Å²) in [7, 11) is 0. The molecule has 0 spiro atoms. The molecule has 0 aliphatic rings. The lowest BCUT2D eigenvalue weighted by atomic mass is 10.1. The molecule has 0 atom stereocenters. The molecule has 0 unspecified atom stereocenters. The standard InChI is InChI=1S/C17H16ClN3O2S/c1-10-3-5-12(6-4-10)16-20-13(9-23-16)7-8-19-15(22)14-11(2)24-17(18)21-14/h3-6,9H,7-8H2,1-2H3,(H,19,22). The number of nitrogens with zero attached hydrogens (tertiary/aromatic N) is 2. The van der Waals surface area contributed by atoms with Crippen LogP contribution in [0.5, 0.6) is 0 Å². The number of hydrogen-bond acceptors (Lipinski definition) is 5. The van der Waals surface area contributed by atoms with Crippen molar-refractivity contribution in [3.63, 3.8) is 0 Å². The van der Waals surface area contributed by atoms with Crippen molar-refractivity contribution in [2.45, 2.75) is 20.3 Å². The predicted molar refractivity (Wildman–Crippen MR) is 94.6 cm³/mol. The lowest BCUT2D eigenvalue weighted by molar-refractivity contribution is 0.0949. The lowest BCUT2D eigenvalue weighted by Gasteiger charge is -2.01. The van der Waals surface area contributed by atoms with Crippen LogP contribution in [0.1, 0.15) is 26.6 Å². The minimum atomic E-state index is -0.224. The Balaban J connectivity index is 1.57. The maximum absolute atomic E-state index is 12.1. The molecule has 0 bridgehead atoms. The first-order valence-corrected chi connectivity index (χ1v) is 8.65. The zero-order valence-electron chi connectivity index (χ0n) is 13.3. The molecule has 2 aromatic heterocycles. The van der Waals surface area contributed by atoms with E-state index in [1.165, 1.54) is 16.9 Å². The van der Waals surface area contributed by atoms with Gasteiger partial charge >= 0.3 is 0 Å². The highest BCUT2D eigenvalue weighted by molar-refractivity contribution is 7.15. The summed E-state index contributed by atoms with van der Waals surface area (Å²) in [4.78, 5) is 21.3. The van der Waals surface area contributed by atoms with Gasteiger partial charge in [-0.1, -0.05) is 29.3 Å². The summed E-state index contributed by atoms with van der Waals surface area (Å²) in [6, 6.07) is 7.98. The van der Waals surface area contributed by atoms with Crippen LogP contribution in [0.4, 0.5) is 0 Å². The summed E-state index contributed by atoms with van der Waals surface area (Å²) in [5.41, 5.74) is 3.29. The van der Waals surface area contributed by atoms with Gasteiger partial charge in [-0.25, -0.2) is 9.97 Å². The maximum atomic E-state index is 12.1. The Morgan fingerprint density at radius 3 is 2.67 bits per heavy atom. The van der Waals surface area contributed by atoms with Crippen LogP contribution in [0.25, 0.3) is 11.5 Å². The number of rotatable bonds is 5. The predicted octanol–water partition coefficient (Wildman–Crippen LogP) is 4.04. The number of hydrogen-bond donors (Lipinski definition) is 1. The third-order valence-corrected chi connectivity index (χ3v) is 4.58. The average Bonchev–Trinajstić information content (AvgIpc) is 3.14. The molecule has 0 fully saturated rings. The molecule has 1 N–H and O–H groups in total. The van der Waals surface area contributed by atoms with E-state index in [4.69, 9.17) is 16.0 Å². The number of carbonyl (C=O) groups is 1. The Bertz CT molecular complexity index is 855. The van der Waals surface area contributed by atoms with Gasteiger partial charge in [-0.15, -0.1) is 11.3 Å². The van der Waals surface area contributed by atoms with Crippen molar-refractivity contribution in [1.29, 1.82) is 0 Å². The van der Waals surface area contributed by atoms with E-state index in [1.807, 2.05) is 38.1 Å². The molecule has 1 aromatic carbocycles. The highest BCUT2D eigenvalue weighted by Crippen LogP contribution is 2.21. The van der Waals surface area contributed by atoms with Crippen LogP contribution in [0.3, 0.4) is 0 Å². The van der Waals surface area contributed by atoms with E-state index in [9.17, 15) is 4.79 Å². The monoisotopic (exact) mass is 361 g/mol. The summed E-state index contributed by atoms with van der Waals surface area (Å²) in [6.45, 7) is 4.31. The second-order valence-electron chi connectivity index (χ2n) is 5.39. The Labute approximate surface area is 148 Å². The molecule has 0 aliphatic carbocycles. The normalized spacial score (nSPS) is 10.8. The number of aryl methyl sites for hydroxylation is 2. The van der Waals surface area contributed by atoms with Gasteiger partial charge in [0.1, 0.15) is 12.0 Å². The van der Waals surface area contributed by atoms with Gasteiger partial charge in [-0.2, -0.15) is 0 Å². The van der Waals surface area contributed by atoms with E-state index in [1.54, 1.807) is 6.26 Å². The average molecular weight is 362 g/mol. The molecule has 0 aliphatic heterocycles. The first-order chi connectivity index (χ1) is 11.5. The van der Waals surface area contributed by atoms with E-state index in [0.29, 0.717) is 29.0 Å². The molecule has 7 heteroatoms. The Hall–Kier alpha value is -2.18. The summed E-state index contributed by atoms with van der Waals surface area (Å²) < 4.78 is 5.88. The Kier molecular flexibility index (Phi) is 4.97. The number of carbonyl (C=O) groups excluding carboxylic acids is 1. The van der Waals surface area contributed by atoms with Crippen LogP contribution in [0.15, 0.2) is 34.9 Å². The van der Waals surface area contributed by atoms with Crippen molar-refractivity contribution < 1.29 is 9.21 Å². The van der Waals surface area contributed by atoms with Crippen molar-refractivity contribution in [1.82, 2.24) is 15.3 Å². The van der Waals surface area contributed by atoms with Gasteiger partial charge < -0.3 is 9.73 Å². The SMILES string of the molecule is Cc1ccc(-c2nc(CCNC(=O)c3nc(Cl)sc3C)co2)cc1. The van der Waals surface area contributed by atoms with Crippen LogP contribution in [-0.4, -0.2) is 22.4 Å². The number of halogens is 1. The van der Waals surface area contributed by atoms with Gasteiger partial charge in [-0.3, -0.25) is 4.79 Å². The molecule has 3 rings (SSSR count). The van der Waals surface area contributed by atoms with Crippen molar-refractivity contribution >= 4 is 28.8 Å². The molecule has 0 saturated heterocycles. The molecular weight excluding hydrogens is 346 g/mol. The molecular formula is C17H16ClN3O2S. The summed E-state index contributed by atoms with van der Waals surface area (Å²) in [5, 5.41) is 2.82. The van der Waals surface area contributed by atoms with Crippen molar-refractivity contribution in [2.75, 3.05) is 6.54 Å². The molecule has 24 heavy (non-hydrogen) atoms. The summed E-state index contributed by atoms with van der Waals surface area (Å²) in [5.74, 6) is 0.358.